The molecule has 0 spiro atoms. The van der Waals surface area contributed by atoms with Crippen LogP contribution in [0.15, 0.2) is 4.40 Å². The molecule has 0 bridgehead atoms. The van der Waals surface area contributed by atoms with Gasteiger partial charge in [-0.25, -0.2) is 0 Å². The van der Waals surface area contributed by atoms with Gasteiger partial charge in [0.25, 0.3) is 0 Å². The lowest BCUT2D eigenvalue weighted by Gasteiger charge is -2.31. The van der Waals surface area contributed by atoms with E-state index in [0.717, 1.165) is 0 Å². The summed E-state index contributed by atoms with van der Waals surface area (Å²) >= 11 is -4.97. The van der Waals surface area contributed by atoms with Gasteiger partial charge in [0.15, 0.2) is 0 Å². The van der Waals surface area contributed by atoms with Crippen LogP contribution in [0.1, 0.15) is 0 Å². The number of hydrogen-bond acceptors (Lipinski definition) is 4. The summed E-state index contributed by atoms with van der Waals surface area (Å²) in [7, 11) is -6.39. The molecule has 0 aromatic heterocycles. The number of rotatable bonds is 5. The minimum Gasteiger partial charge on any atom is -0.768 e. The fraction of sp³-hybridized carbons (Fsp3) is 0.750. The number of alkyl halides is 6. The summed E-state index contributed by atoms with van der Waals surface area (Å²) in [6.07, 6.45) is 0. The summed E-state index contributed by atoms with van der Waals surface area (Å²) in [6.45, 7) is 1.99. The number of halogens is 6. The molecule has 0 N–H and O–H groups in total. The van der Waals surface area contributed by atoms with Crippen LogP contribution >= 0.6 is 0 Å². The zero-order valence-corrected chi connectivity index (χ0v) is 9.00. The van der Waals surface area contributed by atoms with Gasteiger partial charge in [0, 0.05) is 17.8 Å². The van der Waals surface area contributed by atoms with Gasteiger partial charge in [-0.2, -0.15) is 39.2 Å². The van der Waals surface area contributed by atoms with Crippen LogP contribution in [0.2, 0.25) is 0 Å². The number of nitrogens with zero attached hydrogens (tertiary/aromatic N) is 1. The van der Waals surface area contributed by atoms with Crippen LogP contribution in [0.4, 0.5) is 26.3 Å². The summed E-state index contributed by atoms with van der Waals surface area (Å²) in [5, 5.41) is -12.7. The zero-order chi connectivity index (χ0) is 14.3. The minimum absolute atomic E-state index is 1.59. The third-order valence-corrected chi connectivity index (χ3v) is 3.35. The Morgan fingerprint density at radius 1 is 1.12 bits per heavy atom. The van der Waals surface area contributed by atoms with Crippen LogP contribution < -0.4 is 0 Å². The first-order valence-electron chi connectivity index (χ1n) is 3.21. The molecule has 17 heavy (non-hydrogen) atoms. The summed E-state index contributed by atoms with van der Waals surface area (Å²) in [5.41, 5.74) is 0. The number of hydrogen-bond donors (Lipinski definition) is 0. The van der Waals surface area contributed by atoms with E-state index in [4.69, 9.17) is 0 Å². The van der Waals surface area contributed by atoms with E-state index >= 15 is 0 Å². The Bertz CT molecular complexity index is 445. The fourth-order valence-corrected chi connectivity index (χ4v) is 1.53. The molecule has 0 fully saturated rings. The lowest BCUT2D eigenvalue weighted by Crippen LogP contribution is -2.58. The maximum absolute atomic E-state index is 12.6. The summed E-state index contributed by atoms with van der Waals surface area (Å²) < 4.78 is 117. The minimum atomic E-state index is -6.70. The molecule has 0 aromatic carbocycles. The Hall–Kier alpha value is -0.690. The Morgan fingerprint density at radius 3 is 1.71 bits per heavy atom. The first kappa shape index (κ1) is 16.3. The van der Waals surface area contributed by atoms with Gasteiger partial charge in [-0.1, -0.05) is 0 Å². The molecule has 5 nitrogen and oxygen atoms in total. The number of sulfonamides is 1. The third-order valence-electron chi connectivity index (χ3n) is 1.43. The van der Waals surface area contributed by atoms with Crippen LogP contribution in [0.3, 0.4) is 0 Å². The largest absolute Gasteiger partial charge is 0.768 e. The van der Waals surface area contributed by atoms with Gasteiger partial charge in [-0.3, -0.25) is 4.21 Å². The Balaban J connectivity index is 5.95. The molecule has 0 heterocycles. The fourth-order valence-electron chi connectivity index (χ4n) is 0.517. The summed E-state index contributed by atoms with van der Waals surface area (Å²) in [5.74, 6) is -6.70. The Morgan fingerprint density at radius 2 is 1.47 bits per heavy atom. The lowest BCUT2D eigenvalue weighted by atomic mass is 10.3. The predicted molar refractivity (Wildman–Crippen MR) is 42.2 cm³/mol. The van der Waals surface area contributed by atoms with Crippen molar-refractivity contribution in [2.24, 2.45) is 4.40 Å². The van der Waals surface area contributed by atoms with Crippen molar-refractivity contribution in [3.05, 3.63) is 0 Å². The van der Waals surface area contributed by atoms with Crippen LogP contribution in [-0.4, -0.2) is 40.3 Å². The second-order valence-electron chi connectivity index (χ2n) is 2.45. The molecule has 0 aliphatic heterocycles. The highest BCUT2D eigenvalue weighted by Crippen LogP contribution is 2.49. The molecule has 0 saturated carbocycles. The van der Waals surface area contributed by atoms with Crippen molar-refractivity contribution < 1.29 is 43.5 Å². The van der Waals surface area contributed by atoms with Crippen LogP contribution in [0.25, 0.3) is 0 Å². The molecule has 0 saturated heterocycles. The van der Waals surface area contributed by atoms with Crippen molar-refractivity contribution in [1.29, 1.82) is 0 Å². The Kier molecular flexibility index (Phi) is 4.03. The highest BCUT2D eigenvalue weighted by molar-refractivity contribution is 7.91. The molecule has 0 radical (unpaired) electrons. The lowest BCUT2D eigenvalue weighted by molar-refractivity contribution is -0.244. The van der Waals surface area contributed by atoms with Gasteiger partial charge in [0.1, 0.15) is 0 Å². The molecule has 0 aromatic rings. The average Bonchev–Trinajstić information content (AvgIpc) is 2.16. The van der Waals surface area contributed by atoms with Gasteiger partial charge in [-0.15, -0.1) is 0 Å². The molecule has 1 unspecified atom stereocenters. The first-order chi connectivity index (χ1) is 7.25. The van der Waals surface area contributed by atoms with Crippen molar-refractivity contribution >= 4 is 27.8 Å². The van der Waals surface area contributed by atoms with E-state index in [0.29, 0.717) is 0 Å². The predicted octanol–water partition coefficient (Wildman–Crippen LogP) is 0.717. The van der Waals surface area contributed by atoms with Gasteiger partial charge < -0.3 is 4.55 Å². The van der Waals surface area contributed by atoms with Gasteiger partial charge in [0.05, 0.1) is 0 Å². The molecule has 0 rings (SSSR count). The van der Waals surface area contributed by atoms with Gasteiger partial charge in [-0.05, 0) is 0 Å². The summed E-state index contributed by atoms with van der Waals surface area (Å²) in [6, 6.07) is 0. The summed E-state index contributed by atoms with van der Waals surface area (Å²) in [4.78, 5) is 0. The third kappa shape index (κ3) is 2.18. The SMILES string of the molecule is C=NS(=O)(=O)C(F)(F)C(F)(F)C(F)(F)S(=O)[O-]. The maximum atomic E-state index is 12.6. The molecule has 102 valence electrons. The quantitative estimate of drug-likeness (QED) is 0.425. The van der Waals surface area contributed by atoms with Gasteiger partial charge >= 0.3 is 26.5 Å². The topological polar surface area (TPSA) is 86.6 Å². The average molecular weight is 306 g/mol. The van der Waals surface area contributed by atoms with E-state index in [9.17, 15) is 43.5 Å². The van der Waals surface area contributed by atoms with E-state index < -0.39 is 37.5 Å². The molecule has 0 aliphatic carbocycles. The highest BCUT2D eigenvalue weighted by atomic mass is 32.2. The van der Waals surface area contributed by atoms with E-state index in [2.05, 4.69) is 0 Å². The van der Waals surface area contributed by atoms with Crippen molar-refractivity contribution in [2.75, 3.05) is 0 Å². The maximum Gasteiger partial charge on any atom is 0.434 e. The van der Waals surface area contributed by atoms with E-state index in [1.807, 2.05) is 6.72 Å². The van der Waals surface area contributed by atoms with E-state index in [1.165, 1.54) is 0 Å². The van der Waals surface area contributed by atoms with Crippen LogP contribution in [0, 0.1) is 0 Å². The highest BCUT2D eigenvalue weighted by Gasteiger charge is 2.78. The van der Waals surface area contributed by atoms with Crippen molar-refractivity contribution in [3.63, 3.8) is 0 Å². The second-order valence-corrected chi connectivity index (χ2v) is 5.15. The normalized spacial score (nSPS) is 16.6. The monoisotopic (exact) mass is 306 g/mol. The van der Waals surface area contributed by atoms with E-state index in [1.54, 1.807) is 4.40 Å². The van der Waals surface area contributed by atoms with E-state index in [-0.39, 0.29) is 0 Å². The first-order valence-corrected chi connectivity index (χ1v) is 5.72. The van der Waals surface area contributed by atoms with Crippen molar-refractivity contribution in [2.45, 2.75) is 16.4 Å². The second kappa shape index (κ2) is 4.20. The standard InChI is InChI=1S/C4H3F6NO4S2/c1-11-17(14,15)4(9,10)2(5,6)3(7,8)16(12)13/h1H2,(H,12,13)/p-1. The van der Waals surface area contributed by atoms with Gasteiger partial charge in [0.2, 0.25) is 0 Å². The van der Waals surface area contributed by atoms with Crippen molar-refractivity contribution in [1.82, 2.24) is 0 Å². The zero-order valence-electron chi connectivity index (χ0n) is 7.37. The smallest absolute Gasteiger partial charge is 0.434 e. The molecule has 0 aliphatic rings. The molecule has 13 heteroatoms. The molecule has 1 atom stereocenters. The van der Waals surface area contributed by atoms with Crippen molar-refractivity contribution in [3.8, 4) is 0 Å². The molecule has 0 amide bonds. The molecular weight excluding hydrogens is 304 g/mol. The van der Waals surface area contributed by atoms with Crippen LogP contribution in [0.5, 0.6) is 0 Å². The molecular formula is C4H2F6NO4S2-. The van der Waals surface area contributed by atoms with Crippen LogP contribution in [-0.2, 0) is 21.1 Å². The Labute approximate surface area is 92.9 Å².